The van der Waals surface area contributed by atoms with E-state index in [4.69, 9.17) is 0 Å². The van der Waals surface area contributed by atoms with Crippen LogP contribution in [0.3, 0.4) is 0 Å². The number of fused-ring (bicyclic) bond motifs is 2. The fraction of sp³-hybridized carbons (Fsp3) is 0.200. The van der Waals surface area contributed by atoms with Gasteiger partial charge in [-0.2, -0.15) is 0 Å². The van der Waals surface area contributed by atoms with Crippen molar-refractivity contribution in [1.82, 2.24) is 15.0 Å². The van der Waals surface area contributed by atoms with E-state index in [-0.39, 0.29) is 11.5 Å². The Hall–Kier alpha value is -3.01. The molecule has 9 heteroatoms. The van der Waals surface area contributed by atoms with Gasteiger partial charge in [-0.05, 0) is 36.1 Å². The van der Waals surface area contributed by atoms with Crippen LogP contribution in [0.2, 0.25) is 0 Å². The van der Waals surface area contributed by atoms with Gasteiger partial charge in [0, 0.05) is 10.9 Å². The Bertz CT molecular complexity index is 1520. The number of anilines is 1. The van der Waals surface area contributed by atoms with Crippen LogP contribution in [0.4, 0.5) is 5.13 Å². The van der Waals surface area contributed by atoms with Crippen molar-refractivity contribution in [2.75, 3.05) is 5.32 Å². The third kappa shape index (κ3) is 4.51. The van der Waals surface area contributed by atoms with Crippen molar-refractivity contribution in [2.45, 2.75) is 37.1 Å². The van der Waals surface area contributed by atoms with Crippen LogP contribution in [0.5, 0.6) is 0 Å². The first-order valence-corrected chi connectivity index (χ1v) is 13.4. The average molecular weight is 507 g/mol. The smallest absolute Gasteiger partial charge is 0.260 e. The summed E-state index contributed by atoms with van der Waals surface area (Å²) in [6.45, 7) is 6.10. The van der Waals surface area contributed by atoms with Gasteiger partial charge in [0.05, 0.1) is 20.9 Å². The van der Waals surface area contributed by atoms with Crippen molar-refractivity contribution in [3.63, 3.8) is 0 Å². The van der Waals surface area contributed by atoms with E-state index in [0.717, 1.165) is 21.3 Å². The number of hydrogen-bond acceptors (Lipinski definition) is 7. The van der Waals surface area contributed by atoms with E-state index < -0.39 is 5.25 Å². The standard InChI is InChI=1S/C25H22N4O2S3/c1-13(2)15-8-10-16(11-9-15)17-12-32-23-20(17)22(31)28-25(29-23)33-14(3)21(30)27-24-26-18-6-4-5-7-19(18)34-24/h4-14H,1-3H3,(H,26,27,30)(H,28,29,31). The Balaban J connectivity index is 1.35. The molecule has 3 heterocycles. The number of H-pyrrole nitrogens is 1. The summed E-state index contributed by atoms with van der Waals surface area (Å²) in [7, 11) is 0. The number of aromatic nitrogens is 3. The highest BCUT2D eigenvalue weighted by molar-refractivity contribution is 8.00. The molecule has 5 aromatic rings. The molecule has 0 spiro atoms. The van der Waals surface area contributed by atoms with Crippen molar-refractivity contribution >= 4 is 65.9 Å². The van der Waals surface area contributed by atoms with E-state index >= 15 is 0 Å². The van der Waals surface area contributed by atoms with Crippen molar-refractivity contribution in [3.05, 3.63) is 69.8 Å². The van der Waals surface area contributed by atoms with E-state index in [0.29, 0.717) is 26.4 Å². The van der Waals surface area contributed by atoms with Crippen LogP contribution < -0.4 is 10.9 Å². The number of thiophene rings is 1. The van der Waals surface area contributed by atoms with Crippen LogP contribution in [0.25, 0.3) is 31.6 Å². The quantitative estimate of drug-likeness (QED) is 0.203. The van der Waals surface area contributed by atoms with E-state index in [1.807, 2.05) is 41.8 Å². The highest BCUT2D eigenvalue weighted by atomic mass is 32.2. The van der Waals surface area contributed by atoms with Crippen LogP contribution >= 0.6 is 34.4 Å². The number of thiazole rings is 1. The largest absolute Gasteiger partial charge is 0.301 e. The Morgan fingerprint density at radius 2 is 1.82 bits per heavy atom. The lowest BCUT2D eigenvalue weighted by Gasteiger charge is -2.10. The normalized spacial score (nSPS) is 12.5. The first kappa shape index (κ1) is 22.8. The first-order chi connectivity index (χ1) is 16.4. The number of benzene rings is 2. The fourth-order valence-corrected chi connectivity index (χ4v) is 6.27. The molecular formula is C25H22N4O2S3. The summed E-state index contributed by atoms with van der Waals surface area (Å²) >= 11 is 4.09. The number of aromatic amines is 1. The number of para-hydroxylation sites is 1. The molecule has 0 saturated carbocycles. The van der Waals surface area contributed by atoms with Gasteiger partial charge in [0.15, 0.2) is 10.3 Å². The van der Waals surface area contributed by atoms with Crippen LogP contribution in [0.15, 0.2) is 63.9 Å². The molecule has 2 N–H and O–H groups in total. The lowest BCUT2D eigenvalue weighted by atomic mass is 9.99. The number of amides is 1. The number of carbonyl (C=O) groups excluding carboxylic acids is 1. The van der Waals surface area contributed by atoms with Crippen LogP contribution in [-0.2, 0) is 4.79 Å². The molecule has 1 unspecified atom stereocenters. The zero-order valence-corrected chi connectivity index (χ0v) is 21.2. The van der Waals surface area contributed by atoms with Crippen LogP contribution in [-0.4, -0.2) is 26.1 Å². The average Bonchev–Trinajstić information content (AvgIpc) is 3.43. The van der Waals surface area contributed by atoms with Crippen LogP contribution in [0.1, 0.15) is 32.3 Å². The molecule has 1 atom stereocenters. The van der Waals surface area contributed by atoms with Gasteiger partial charge in [0.25, 0.3) is 5.56 Å². The second-order valence-corrected chi connectivity index (χ2v) is 11.4. The van der Waals surface area contributed by atoms with Crippen molar-refractivity contribution in [3.8, 4) is 11.1 Å². The van der Waals surface area contributed by atoms with Gasteiger partial charge in [-0.1, -0.05) is 73.3 Å². The van der Waals surface area contributed by atoms with Gasteiger partial charge in [0.2, 0.25) is 5.91 Å². The van der Waals surface area contributed by atoms with E-state index in [9.17, 15) is 9.59 Å². The first-order valence-electron chi connectivity index (χ1n) is 10.8. The SMILES string of the molecule is CC(Sc1nc2scc(-c3ccc(C(C)C)cc3)c2c(=O)[nH]1)C(=O)Nc1nc2ccccc2s1. The second-order valence-electron chi connectivity index (χ2n) is 8.21. The zero-order valence-electron chi connectivity index (χ0n) is 18.8. The number of nitrogens with one attached hydrogen (secondary N) is 2. The van der Waals surface area contributed by atoms with E-state index in [2.05, 4.69) is 46.2 Å². The van der Waals surface area contributed by atoms with Gasteiger partial charge in [-0.15, -0.1) is 11.3 Å². The third-order valence-corrected chi connectivity index (χ3v) is 8.30. The maximum Gasteiger partial charge on any atom is 0.260 e. The maximum atomic E-state index is 13.0. The highest BCUT2D eigenvalue weighted by Crippen LogP contribution is 2.33. The monoisotopic (exact) mass is 506 g/mol. The number of rotatable bonds is 6. The molecule has 0 fully saturated rings. The number of thioether (sulfide) groups is 1. The van der Waals surface area contributed by atoms with E-state index in [1.54, 1.807) is 6.92 Å². The molecule has 1 amide bonds. The molecule has 0 aliphatic heterocycles. The zero-order chi connectivity index (χ0) is 23.8. The number of carbonyl (C=O) groups is 1. The molecule has 5 rings (SSSR count). The van der Waals surface area contributed by atoms with Crippen molar-refractivity contribution in [1.29, 1.82) is 0 Å². The fourth-order valence-electron chi connectivity index (χ4n) is 3.60. The summed E-state index contributed by atoms with van der Waals surface area (Å²) in [5.41, 5.74) is 3.78. The molecular weight excluding hydrogens is 485 g/mol. The molecule has 0 aliphatic carbocycles. The predicted octanol–water partition coefficient (Wildman–Crippen LogP) is 6.50. The Kier molecular flexibility index (Phi) is 6.24. The Morgan fingerprint density at radius 1 is 1.06 bits per heavy atom. The van der Waals surface area contributed by atoms with Crippen LogP contribution in [0, 0.1) is 0 Å². The number of nitrogens with zero attached hydrogens (tertiary/aromatic N) is 2. The molecule has 0 bridgehead atoms. The predicted molar refractivity (Wildman–Crippen MR) is 143 cm³/mol. The Labute approximate surface area is 208 Å². The minimum atomic E-state index is -0.462. The van der Waals surface area contributed by atoms with Crippen molar-refractivity contribution in [2.24, 2.45) is 0 Å². The van der Waals surface area contributed by atoms with Gasteiger partial charge in [-0.3, -0.25) is 9.59 Å². The van der Waals surface area contributed by atoms with Gasteiger partial charge >= 0.3 is 0 Å². The van der Waals surface area contributed by atoms with Crippen molar-refractivity contribution < 1.29 is 4.79 Å². The summed E-state index contributed by atoms with van der Waals surface area (Å²) in [6, 6.07) is 16.0. The minimum absolute atomic E-state index is 0.191. The number of hydrogen-bond donors (Lipinski definition) is 2. The summed E-state index contributed by atoms with van der Waals surface area (Å²) in [5.74, 6) is 0.260. The second kappa shape index (κ2) is 9.32. The Morgan fingerprint density at radius 3 is 2.56 bits per heavy atom. The lowest BCUT2D eigenvalue weighted by Crippen LogP contribution is -2.23. The van der Waals surface area contributed by atoms with Gasteiger partial charge < -0.3 is 10.3 Å². The van der Waals surface area contributed by atoms with Gasteiger partial charge in [-0.25, -0.2) is 9.97 Å². The summed E-state index contributed by atoms with van der Waals surface area (Å²) in [4.78, 5) is 38.3. The topological polar surface area (TPSA) is 87.7 Å². The van der Waals surface area contributed by atoms with Gasteiger partial charge in [0.1, 0.15) is 4.83 Å². The molecule has 6 nitrogen and oxygen atoms in total. The molecule has 0 radical (unpaired) electrons. The highest BCUT2D eigenvalue weighted by Gasteiger charge is 2.20. The molecule has 34 heavy (non-hydrogen) atoms. The molecule has 3 aromatic heterocycles. The summed E-state index contributed by atoms with van der Waals surface area (Å²) in [6.07, 6.45) is 0. The molecule has 172 valence electrons. The summed E-state index contributed by atoms with van der Waals surface area (Å²) < 4.78 is 1.02. The lowest BCUT2D eigenvalue weighted by molar-refractivity contribution is -0.115. The molecule has 0 aliphatic rings. The molecule has 0 saturated heterocycles. The minimum Gasteiger partial charge on any atom is -0.301 e. The maximum absolute atomic E-state index is 13.0. The molecule has 2 aromatic carbocycles. The third-order valence-electron chi connectivity index (χ3n) is 5.49. The summed E-state index contributed by atoms with van der Waals surface area (Å²) in [5, 5.41) is 5.94. The van der Waals surface area contributed by atoms with E-state index in [1.165, 1.54) is 40.0 Å².